The summed E-state index contributed by atoms with van der Waals surface area (Å²) in [5, 5.41) is 6.64. The lowest BCUT2D eigenvalue weighted by atomic mass is 10.1. The minimum atomic E-state index is -0.0303. The van der Waals surface area contributed by atoms with Crippen molar-refractivity contribution in [3.63, 3.8) is 0 Å². The van der Waals surface area contributed by atoms with Crippen LogP contribution in [-0.2, 0) is 19.0 Å². The van der Waals surface area contributed by atoms with E-state index >= 15 is 0 Å². The van der Waals surface area contributed by atoms with Crippen molar-refractivity contribution in [1.29, 1.82) is 0 Å². The average Bonchev–Trinajstić information content (AvgIpc) is 3.28. The van der Waals surface area contributed by atoms with Gasteiger partial charge in [0.25, 0.3) is 0 Å². The van der Waals surface area contributed by atoms with E-state index in [1.165, 1.54) is 0 Å². The standard InChI is InChI=1S/C17H32N4O4/c1-13(10-25-15-5-7-24-12-15)20-17(19-9-16(22)21(2)3)18-8-14-4-6-23-11-14/h13-15H,4-12H2,1-3H3,(H2,18,19,20). The molecule has 0 aliphatic carbocycles. The number of hydrogen-bond donors (Lipinski definition) is 2. The molecular weight excluding hydrogens is 324 g/mol. The number of amides is 1. The maximum absolute atomic E-state index is 11.8. The summed E-state index contributed by atoms with van der Waals surface area (Å²) in [4.78, 5) is 17.7. The van der Waals surface area contributed by atoms with E-state index in [1.54, 1.807) is 19.0 Å². The Hall–Kier alpha value is -1.38. The SMILES string of the molecule is CC(COC1CCOC1)NC(=NCC(=O)N(C)C)NCC1CCOC1. The Balaban J connectivity index is 1.80. The molecule has 0 spiro atoms. The predicted octanol–water partition coefficient (Wildman–Crippen LogP) is -0.160. The maximum atomic E-state index is 11.8. The molecule has 25 heavy (non-hydrogen) atoms. The fourth-order valence-electron chi connectivity index (χ4n) is 2.63. The van der Waals surface area contributed by atoms with Gasteiger partial charge in [-0.25, -0.2) is 4.99 Å². The Kier molecular flexibility index (Phi) is 8.43. The molecule has 3 unspecified atom stereocenters. The Bertz CT molecular complexity index is 432. The summed E-state index contributed by atoms with van der Waals surface area (Å²) in [6.45, 7) is 6.56. The summed E-state index contributed by atoms with van der Waals surface area (Å²) in [5.41, 5.74) is 0. The first-order valence-electron chi connectivity index (χ1n) is 9.06. The molecule has 8 nitrogen and oxygen atoms in total. The molecule has 3 atom stereocenters. The van der Waals surface area contributed by atoms with Crippen molar-refractivity contribution in [3.8, 4) is 0 Å². The molecule has 0 aromatic rings. The average molecular weight is 356 g/mol. The number of carbonyl (C=O) groups excluding carboxylic acids is 1. The number of rotatable bonds is 8. The number of likely N-dealkylation sites (N-methyl/N-ethyl adjacent to an activating group) is 1. The molecule has 144 valence electrons. The smallest absolute Gasteiger partial charge is 0.243 e. The third-order valence-electron chi connectivity index (χ3n) is 4.31. The maximum Gasteiger partial charge on any atom is 0.243 e. The van der Waals surface area contributed by atoms with Gasteiger partial charge in [-0.15, -0.1) is 0 Å². The van der Waals surface area contributed by atoms with Crippen LogP contribution in [0.3, 0.4) is 0 Å². The monoisotopic (exact) mass is 356 g/mol. The largest absolute Gasteiger partial charge is 0.381 e. The quantitative estimate of drug-likeness (QED) is 0.464. The van der Waals surface area contributed by atoms with Crippen LogP contribution < -0.4 is 10.6 Å². The normalized spacial score (nSPS) is 25.0. The van der Waals surface area contributed by atoms with Crippen LogP contribution >= 0.6 is 0 Å². The second kappa shape index (κ2) is 10.6. The van der Waals surface area contributed by atoms with Gasteiger partial charge < -0.3 is 29.7 Å². The summed E-state index contributed by atoms with van der Waals surface area (Å²) in [7, 11) is 3.46. The van der Waals surface area contributed by atoms with Gasteiger partial charge in [0.2, 0.25) is 5.91 Å². The van der Waals surface area contributed by atoms with E-state index in [-0.39, 0.29) is 24.6 Å². The third kappa shape index (κ3) is 7.58. The molecule has 0 aromatic carbocycles. The molecule has 8 heteroatoms. The zero-order chi connectivity index (χ0) is 18.1. The number of nitrogens with zero attached hydrogens (tertiary/aromatic N) is 2. The van der Waals surface area contributed by atoms with Crippen LogP contribution in [0.25, 0.3) is 0 Å². The summed E-state index contributed by atoms with van der Waals surface area (Å²) < 4.78 is 16.6. The first-order chi connectivity index (χ1) is 12.0. The highest BCUT2D eigenvalue weighted by atomic mass is 16.5. The zero-order valence-corrected chi connectivity index (χ0v) is 15.6. The van der Waals surface area contributed by atoms with E-state index in [9.17, 15) is 4.79 Å². The van der Waals surface area contributed by atoms with Gasteiger partial charge in [0.1, 0.15) is 6.54 Å². The number of nitrogens with one attached hydrogen (secondary N) is 2. The molecule has 2 aliphatic rings. The number of aliphatic imine (C=N–C) groups is 1. The summed E-state index contributed by atoms with van der Waals surface area (Å²) >= 11 is 0. The van der Waals surface area contributed by atoms with Gasteiger partial charge in [-0.2, -0.15) is 0 Å². The molecule has 0 radical (unpaired) electrons. The van der Waals surface area contributed by atoms with Crippen molar-refractivity contribution >= 4 is 11.9 Å². The lowest BCUT2D eigenvalue weighted by Crippen LogP contribution is -2.46. The molecule has 0 saturated carbocycles. The lowest BCUT2D eigenvalue weighted by molar-refractivity contribution is -0.127. The number of ether oxygens (including phenoxy) is 3. The fraction of sp³-hybridized carbons (Fsp3) is 0.882. The van der Waals surface area contributed by atoms with Gasteiger partial charge in [-0.05, 0) is 19.8 Å². The molecule has 2 N–H and O–H groups in total. The highest BCUT2D eigenvalue weighted by Gasteiger charge is 2.19. The van der Waals surface area contributed by atoms with Crippen molar-refractivity contribution in [1.82, 2.24) is 15.5 Å². The van der Waals surface area contributed by atoms with Gasteiger partial charge >= 0.3 is 0 Å². The number of hydrogen-bond acceptors (Lipinski definition) is 5. The molecule has 2 fully saturated rings. The first kappa shape index (κ1) is 19.9. The summed E-state index contributed by atoms with van der Waals surface area (Å²) in [6.07, 6.45) is 2.19. The molecule has 1 amide bonds. The van der Waals surface area contributed by atoms with Crippen molar-refractivity contribution < 1.29 is 19.0 Å². The Morgan fingerprint density at radius 1 is 1.28 bits per heavy atom. The number of carbonyl (C=O) groups is 1. The van der Waals surface area contributed by atoms with E-state index in [4.69, 9.17) is 14.2 Å². The minimum Gasteiger partial charge on any atom is -0.381 e. The van der Waals surface area contributed by atoms with Crippen LogP contribution in [0.1, 0.15) is 19.8 Å². The molecule has 0 aromatic heterocycles. The Morgan fingerprint density at radius 2 is 2.04 bits per heavy atom. The van der Waals surface area contributed by atoms with Crippen molar-refractivity contribution in [2.45, 2.75) is 31.9 Å². The van der Waals surface area contributed by atoms with E-state index in [0.717, 1.165) is 39.2 Å². The van der Waals surface area contributed by atoms with E-state index in [2.05, 4.69) is 15.6 Å². The molecule has 2 heterocycles. The molecular formula is C17H32N4O4. The fourth-order valence-corrected chi connectivity index (χ4v) is 2.63. The highest BCUT2D eigenvalue weighted by molar-refractivity contribution is 5.84. The Morgan fingerprint density at radius 3 is 2.68 bits per heavy atom. The van der Waals surface area contributed by atoms with Crippen molar-refractivity contribution in [2.75, 3.05) is 60.2 Å². The highest BCUT2D eigenvalue weighted by Crippen LogP contribution is 2.10. The summed E-state index contributed by atoms with van der Waals surface area (Å²) in [5.74, 6) is 1.09. The second-order valence-electron chi connectivity index (χ2n) is 6.93. The number of guanidine groups is 1. The van der Waals surface area contributed by atoms with Crippen molar-refractivity contribution in [2.24, 2.45) is 10.9 Å². The first-order valence-corrected chi connectivity index (χ1v) is 9.06. The molecule has 0 bridgehead atoms. The van der Waals surface area contributed by atoms with Crippen molar-refractivity contribution in [3.05, 3.63) is 0 Å². The van der Waals surface area contributed by atoms with E-state index in [1.807, 2.05) is 6.92 Å². The minimum absolute atomic E-state index is 0.0303. The van der Waals surface area contributed by atoms with E-state index in [0.29, 0.717) is 25.1 Å². The molecule has 2 aliphatic heterocycles. The topological polar surface area (TPSA) is 84.4 Å². The van der Waals surface area contributed by atoms with Crippen LogP contribution in [0, 0.1) is 5.92 Å². The second-order valence-corrected chi connectivity index (χ2v) is 6.93. The van der Waals surface area contributed by atoms with Crippen LogP contribution in [0.15, 0.2) is 4.99 Å². The van der Waals surface area contributed by atoms with Crippen LogP contribution in [0.2, 0.25) is 0 Å². The predicted molar refractivity (Wildman–Crippen MR) is 95.7 cm³/mol. The van der Waals surface area contributed by atoms with Gasteiger partial charge in [0.05, 0.1) is 25.9 Å². The van der Waals surface area contributed by atoms with Gasteiger partial charge in [0, 0.05) is 45.8 Å². The lowest BCUT2D eigenvalue weighted by Gasteiger charge is -2.21. The van der Waals surface area contributed by atoms with Crippen LogP contribution in [0.5, 0.6) is 0 Å². The molecule has 2 rings (SSSR count). The Labute approximate surface area is 150 Å². The van der Waals surface area contributed by atoms with Crippen LogP contribution in [-0.4, -0.2) is 89.1 Å². The third-order valence-corrected chi connectivity index (χ3v) is 4.31. The van der Waals surface area contributed by atoms with Gasteiger partial charge in [-0.3, -0.25) is 4.79 Å². The summed E-state index contributed by atoms with van der Waals surface area (Å²) in [6, 6.07) is 0.0844. The zero-order valence-electron chi connectivity index (χ0n) is 15.6. The van der Waals surface area contributed by atoms with E-state index < -0.39 is 0 Å². The van der Waals surface area contributed by atoms with Gasteiger partial charge in [-0.1, -0.05) is 0 Å². The van der Waals surface area contributed by atoms with Gasteiger partial charge in [0.15, 0.2) is 5.96 Å². The van der Waals surface area contributed by atoms with Crippen LogP contribution in [0.4, 0.5) is 0 Å². The molecule has 2 saturated heterocycles.